The number of hydrogen-bond donors (Lipinski definition) is 1. The average molecular weight is 482 g/mol. The predicted molar refractivity (Wildman–Crippen MR) is 130 cm³/mol. The maximum atomic E-state index is 13.5. The molecule has 9 heteroatoms. The molecule has 0 saturated carbocycles. The minimum atomic E-state index is -3.93. The van der Waals surface area contributed by atoms with E-state index in [4.69, 9.17) is 4.74 Å². The SMILES string of the molecule is CCN(Cc1ccccc1)S(=O)(=O)c1cc(C(=O)Nc2nc3ccccc3s2)ccc1OC. The number of fused-ring (bicyclic) bond motifs is 1. The van der Waals surface area contributed by atoms with E-state index >= 15 is 0 Å². The lowest BCUT2D eigenvalue weighted by Crippen LogP contribution is -2.31. The summed E-state index contributed by atoms with van der Waals surface area (Å²) in [6.07, 6.45) is 0. The number of benzene rings is 3. The molecule has 0 saturated heterocycles. The number of sulfonamides is 1. The summed E-state index contributed by atoms with van der Waals surface area (Å²) in [5, 5.41) is 3.21. The van der Waals surface area contributed by atoms with Crippen molar-refractivity contribution in [1.82, 2.24) is 9.29 Å². The first-order chi connectivity index (χ1) is 15.9. The smallest absolute Gasteiger partial charge is 0.257 e. The monoisotopic (exact) mass is 481 g/mol. The van der Waals surface area contributed by atoms with E-state index in [1.54, 1.807) is 6.92 Å². The van der Waals surface area contributed by atoms with Gasteiger partial charge in [-0.3, -0.25) is 10.1 Å². The van der Waals surface area contributed by atoms with Gasteiger partial charge >= 0.3 is 0 Å². The molecule has 1 amide bonds. The molecule has 33 heavy (non-hydrogen) atoms. The Kier molecular flexibility index (Phi) is 6.73. The van der Waals surface area contributed by atoms with Crippen LogP contribution in [0.2, 0.25) is 0 Å². The first-order valence-corrected chi connectivity index (χ1v) is 12.6. The number of hydrogen-bond acceptors (Lipinski definition) is 6. The van der Waals surface area contributed by atoms with Gasteiger partial charge in [0, 0.05) is 18.7 Å². The fraction of sp³-hybridized carbons (Fsp3) is 0.167. The number of nitrogens with one attached hydrogen (secondary N) is 1. The Morgan fingerprint density at radius 1 is 1.06 bits per heavy atom. The average Bonchev–Trinajstić information content (AvgIpc) is 3.24. The summed E-state index contributed by atoms with van der Waals surface area (Å²) in [6.45, 7) is 2.25. The van der Waals surface area contributed by atoms with E-state index in [0.717, 1.165) is 15.8 Å². The van der Waals surface area contributed by atoms with Crippen molar-refractivity contribution in [3.05, 3.63) is 83.9 Å². The first kappa shape index (κ1) is 22.9. The van der Waals surface area contributed by atoms with Gasteiger partial charge in [-0.2, -0.15) is 4.31 Å². The molecule has 0 aliphatic rings. The Hall–Kier alpha value is -3.27. The van der Waals surface area contributed by atoms with Gasteiger partial charge in [0.1, 0.15) is 10.6 Å². The van der Waals surface area contributed by atoms with Crippen molar-refractivity contribution in [2.24, 2.45) is 0 Å². The summed E-state index contributed by atoms with van der Waals surface area (Å²) in [7, 11) is -2.52. The fourth-order valence-electron chi connectivity index (χ4n) is 3.41. The first-order valence-electron chi connectivity index (χ1n) is 10.3. The van der Waals surface area contributed by atoms with Crippen LogP contribution < -0.4 is 10.1 Å². The van der Waals surface area contributed by atoms with Gasteiger partial charge in [0.05, 0.1) is 17.3 Å². The second-order valence-electron chi connectivity index (χ2n) is 7.22. The summed E-state index contributed by atoms with van der Waals surface area (Å²) < 4.78 is 34.6. The second kappa shape index (κ2) is 9.70. The van der Waals surface area contributed by atoms with Gasteiger partial charge in [0.15, 0.2) is 5.13 Å². The molecule has 0 bridgehead atoms. The molecule has 1 heterocycles. The van der Waals surface area contributed by atoms with Crippen LogP contribution in [-0.4, -0.2) is 37.3 Å². The topological polar surface area (TPSA) is 88.6 Å². The molecule has 7 nitrogen and oxygen atoms in total. The molecule has 4 aromatic rings. The quantitative estimate of drug-likeness (QED) is 0.392. The maximum absolute atomic E-state index is 13.5. The molecular formula is C24H23N3O4S2. The van der Waals surface area contributed by atoms with E-state index in [0.29, 0.717) is 5.13 Å². The molecule has 0 radical (unpaired) electrons. The molecule has 1 N–H and O–H groups in total. The molecule has 0 aliphatic heterocycles. The molecule has 3 aromatic carbocycles. The minimum Gasteiger partial charge on any atom is -0.495 e. The lowest BCUT2D eigenvalue weighted by atomic mass is 10.2. The molecular weight excluding hydrogens is 458 g/mol. The lowest BCUT2D eigenvalue weighted by molar-refractivity contribution is 0.102. The number of carbonyl (C=O) groups excluding carboxylic acids is 1. The number of para-hydroxylation sites is 1. The normalized spacial score (nSPS) is 11.6. The van der Waals surface area contributed by atoms with E-state index in [-0.39, 0.29) is 29.3 Å². The summed E-state index contributed by atoms with van der Waals surface area (Å²) >= 11 is 1.35. The zero-order chi connectivity index (χ0) is 23.4. The predicted octanol–water partition coefficient (Wildman–Crippen LogP) is 4.77. The molecule has 0 fully saturated rings. The van der Waals surface area contributed by atoms with Crippen LogP contribution in [0.3, 0.4) is 0 Å². The van der Waals surface area contributed by atoms with Gasteiger partial charge in [-0.25, -0.2) is 13.4 Å². The number of methoxy groups -OCH3 is 1. The van der Waals surface area contributed by atoms with Crippen molar-refractivity contribution in [3.8, 4) is 5.75 Å². The van der Waals surface area contributed by atoms with Crippen LogP contribution in [-0.2, 0) is 16.6 Å². The van der Waals surface area contributed by atoms with Crippen molar-refractivity contribution in [1.29, 1.82) is 0 Å². The highest BCUT2D eigenvalue weighted by atomic mass is 32.2. The summed E-state index contributed by atoms with van der Waals surface area (Å²) in [5.74, 6) is -0.266. The molecule has 0 aliphatic carbocycles. The Bertz CT molecular complexity index is 1350. The van der Waals surface area contributed by atoms with Gasteiger partial charge < -0.3 is 4.74 Å². The van der Waals surface area contributed by atoms with Gasteiger partial charge in [-0.1, -0.05) is 60.7 Å². The zero-order valence-electron chi connectivity index (χ0n) is 18.2. The number of nitrogens with zero attached hydrogens (tertiary/aromatic N) is 2. The highest BCUT2D eigenvalue weighted by Gasteiger charge is 2.28. The van der Waals surface area contributed by atoms with Gasteiger partial charge in [0.2, 0.25) is 10.0 Å². The number of aromatic nitrogens is 1. The fourth-order valence-corrected chi connectivity index (χ4v) is 5.89. The summed E-state index contributed by atoms with van der Waals surface area (Å²) in [5.41, 5.74) is 1.85. The van der Waals surface area contributed by atoms with Crippen LogP contribution in [0.4, 0.5) is 5.13 Å². The highest BCUT2D eigenvalue weighted by molar-refractivity contribution is 7.89. The molecule has 0 atom stereocenters. The molecule has 0 spiro atoms. The number of amides is 1. The van der Waals surface area contributed by atoms with Crippen LogP contribution in [0.15, 0.2) is 77.7 Å². The molecule has 1 aromatic heterocycles. The van der Waals surface area contributed by atoms with Crippen LogP contribution >= 0.6 is 11.3 Å². The van der Waals surface area contributed by atoms with E-state index < -0.39 is 15.9 Å². The van der Waals surface area contributed by atoms with Crippen molar-refractivity contribution in [3.63, 3.8) is 0 Å². The number of thiazole rings is 1. The minimum absolute atomic E-state index is 0.0558. The Morgan fingerprint density at radius 2 is 1.79 bits per heavy atom. The maximum Gasteiger partial charge on any atom is 0.257 e. The number of anilines is 1. The molecule has 4 rings (SSSR count). The van der Waals surface area contributed by atoms with Crippen molar-refractivity contribution in [2.75, 3.05) is 19.0 Å². The van der Waals surface area contributed by atoms with E-state index in [1.807, 2.05) is 54.6 Å². The van der Waals surface area contributed by atoms with Crippen molar-refractivity contribution in [2.45, 2.75) is 18.4 Å². The van der Waals surface area contributed by atoms with Crippen LogP contribution in [0.1, 0.15) is 22.8 Å². The Balaban J connectivity index is 1.64. The van der Waals surface area contributed by atoms with Crippen LogP contribution in [0.25, 0.3) is 10.2 Å². The Morgan fingerprint density at radius 3 is 2.48 bits per heavy atom. The van der Waals surface area contributed by atoms with Crippen molar-refractivity contribution < 1.29 is 17.9 Å². The largest absolute Gasteiger partial charge is 0.495 e. The van der Waals surface area contributed by atoms with Gasteiger partial charge in [0.25, 0.3) is 5.91 Å². The van der Waals surface area contributed by atoms with Gasteiger partial charge in [-0.15, -0.1) is 0 Å². The molecule has 0 unspecified atom stereocenters. The summed E-state index contributed by atoms with van der Waals surface area (Å²) in [6, 6.07) is 21.3. The summed E-state index contributed by atoms with van der Waals surface area (Å²) in [4.78, 5) is 17.3. The zero-order valence-corrected chi connectivity index (χ0v) is 19.8. The van der Waals surface area contributed by atoms with Gasteiger partial charge in [-0.05, 0) is 35.9 Å². The Labute approximate surface area is 196 Å². The standard InChI is InChI=1S/C24H23N3O4S2/c1-3-27(16-17-9-5-4-6-10-17)33(29,30)22-15-18(13-14-20(22)31-2)23(28)26-24-25-19-11-7-8-12-21(19)32-24/h4-15H,3,16H2,1-2H3,(H,25,26,28). The van der Waals surface area contributed by atoms with E-state index in [2.05, 4.69) is 10.3 Å². The van der Waals surface area contributed by atoms with Crippen LogP contribution in [0, 0.1) is 0 Å². The third-order valence-corrected chi connectivity index (χ3v) is 8.01. The lowest BCUT2D eigenvalue weighted by Gasteiger charge is -2.22. The number of rotatable bonds is 8. The highest BCUT2D eigenvalue weighted by Crippen LogP contribution is 2.30. The third kappa shape index (κ3) is 4.90. The number of carbonyl (C=O) groups is 1. The third-order valence-electron chi connectivity index (χ3n) is 5.11. The molecule has 170 valence electrons. The second-order valence-corrected chi connectivity index (χ2v) is 10.2. The van der Waals surface area contributed by atoms with Crippen molar-refractivity contribution >= 4 is 42.6 Å². The van der Waals surface area contributed by atoms with E-state index in [9.17, 15) is 13.2 Å². The number of ether oxygens (including phenoxy) is 1. The van der Waals surface area contributed by atoms with Crippen LogP contribution in [0.5, 0.6) is 5.75 Å². The van der Waals surface area contributed by atoms with E-state index in [1.165, 1.54) is 41.0 Å².